The molecule has 2 amide bonds. The lowest BCUT2D eigenvalue weighted by Gasteiger charge is -2.63. The highest BCUT2D eigenvalue weighted by atomic mass is 16.2. The number of amides is 2. The summed E-state index contributed by atoms with van der Waals surface area (Å²) < 4.78 is 0. The first-order valence-corrected chi connectivity index (χ1v) is 12.0. The Morgan fingerprint density at radius 2 is 1.72 bits per heavy atom. The number of carbonyl (C=O) groups is 2. The van der Waals surface area contributed by atoms with Gasteiger partial charge in [-0.15, -0.1) is 0 Å². The lowest BCUT2D eigenvalue weighted by Crippen LogP contribution is -2.64. The van der Waals surface area contributed by atoms with Crippen LogP contribution in [0.15, 0.2) is 0 Å². The van der Waals surface area contributed by atoms with Crippen LogP contribution >= 0.6 is 0 Å². The molecule has 0 aromatic heterocycles. The topological polar surface area (TPSA) is 49.4 Å². The van der Waals surface area contributed by atoms with Crippen LogP contribution in [0.2, 0.25) is 0 Å². The molecular formula is C25H42N2O2. The standard InChI is InChI=1S/C25H42N2O2/c1-15-14-19-25(6,13-11-20(28)27(19)7)17-10-12-24(5)16(21(15)17)8-9-18(24)26-22(29)23(2,3)4/h15-19,21H,8-14H2,1-7H3,(H,26,29)/t15-,16-,17-,18-,19+,21-,24-,25+/m0/s1. The van der Waals surface area contributed by atoms with Crippen LogP contribution in [0.4, 0.5) is 0 Å². The summed E-state index contributed by atoms with van der Waals surface area (Å²) in [5.74, 6) is 3.32. The summed E-state index contributed by atoms with van der Waals surface area (Å²) in [5.41, 5.74) is 0.146. The summed E-state index contributed by atoms with van der Waals surface area (Å²) >= 11 is 0. The van der Waals surface area contributed by atoms with Gasteiger partial charge in [0, 0.05) is 31.0 Å². The molecule has 8 atom stereocenters. The Morgan fingerprint density at radius 3 is 2.38 bits per heavy atom. The Bertz CT molecular complexity index is 697. The first kappa shape index (κ1) is 21.2. The summed E-state index contributed by atoms with van der Waals surface area (Å²) in [4.78, 5) is 27.2. The lowest BCUT2D eigenvalue weighted by molar-refractivity contribution is -0.165. The number of fused-ring (bicyclic) bond motifs is 5. The van der Waals surface area contributed by atoms with Gasteiger partial charge in [0.25, 0.3) is 0 Å². The van der Waals surface area contributed by atoms with Crippen molar-refractivity contribution in [3.63, 3.8) is 0 Å². The van der Waals surface area contributed by atoms with Gasteiger partial charge in [0.15, 0.2) is 0 Å². The maximum Gasteiger partial charge on any atom is 0.225 e. The fourth-order valence-electron chi connectivity index (χ4n) is 8.07. The molecule has 164 valence electrons. The van der Waals surface area contributed by atoms with Crippen LogP contribution in [0.25, 0.3) is 0 Å². The first-order chi connectivity index (χ1) is 13.4. The van der Waals surface area contributed by atoms with Crippen molar-refractivity contribution in [2.45, 2.75) is 98.6 Å². The third kappa shape index (κ3) is 3.07. The van der Waals surface area contributed by atoms with Gasteiger partial charge in [0.2, 0.25) is 11.8 Å². The highest BCUT2D eigenvalue weighted by Crippen LogP contribution is 2.65. The minimum absolute atomic E-state index is 0.197. The van der Waals surface area contributed by atoms with Gasteiger partial charge < -0.3 is 10.2 Å². The van der Waals surface area contributed by atoms with Gasteiger partial charge in [0.05, 0.1) is 0 Å². The molecule has 1 heterocycles. The Kier molecular flexibility index (Phi) is 4.91. The van der Waals surface area contributed by atoms with E-state index in [1.54, 1.807) is 0 Å². The van der Waals surface area contributed by atoms with E-state index in [4.69, 9.17) is 0 Å². The predicted molar refractivity (Wildman–Crippen MR) is 116 cm³/mol. The van der Waals surface area contributed by atoms with Crippen LogP contribution < -0.4 is 5.32 Å². The van der Waals surface area contributed by atoms with Crippen molar-refractivity contribution < 1.29 is 9.59 Å². The van der Waals surface area contributed by atoms with E-state index in [1.807, 2.05) is 27.8 Å². The van der Waals surface area contributed by atoms with E-state index < -0.39 is 0 Å². The molecule has 0 radical (unpaired) electrons. The lowest BCUT2D eigenvalue weighted by atomic mass is 9.45. The molecule has 0 unspecified atom stereocenters. The van der Waals surface area contributed by atoms with Crippen LogP contribution in [0.5, 0.6) is 0 Å². The molecular weight excluding hydrogens is 360 g/mol. The minimum atomic E-state index is -0.330. The molecule has 4 rings (SSSR count). The monoisotopic (exact) mass is 402 g/mol. The number of rotatable bonds is 1. The van der Waals surface area contributed by atoms with E-state index >= 15 is 0 Å². The van der Waals surface area contributed by atoms with E-state index in [1.165, 1.54) is 19.3 Å². The number of likely N-dealkylation sites (tertiary alicyclic amines) is 1. The normalized spacial score (nSPS) is 47.3. The molecule has 4 heteroatoms. The molecule has 4 fully saturated rings. The highest BCUT2D eigenvalue weighted by molar-refractivity contribution is 5.81. The number of carbonyl (C=O) groups excluding carboxylic acids is 2. The maximum atomic E-state index is 12.7. The number of hydrogen-bond acceptors (Lipinski definition) is 2. The quantitative estimate of drug-likeness (QED) is 0.695. The van der Waals surface area contributed by atoms with Crippen molar-refractivity contribution in [3.8, 4) is 0 Å². The van der Waals surface area contributed by atoms with E-state index in [9.17, 15) is 9.59 Å². The predicted octanol–water partition coefficient (Wildman–Crippen LogP) is 4.63. The minimum Gasteiger partial charge on any atom is -0.352 e. The van der Waals surface area contributed by atoms with E-state index in [0.29, 0.717) is 42.2 Å². The summed E-state index contributed by atoms with van der Waals surface area (Å²) in [6.07, 6.45) is 7.74. The number of piperidine rings is 1. The van der Waals surface area contributed by atoms with E-state index in [0.717, 1.165) is 25.2 Å². The SMILES string of the molecule is C[C@H]1C[C@H]2N(C)C(=O)CC[C@]2(C)[C@H]2CC[C@]3(C)[C@@H](NC(=O)C(C)(C)C)CC[C@H]3[C@H]12. The zero-order valence-electron chi connectivity index (χ0n) is 19.7. The number of hydrogen-bond donors (Lipinski definition) is 1. The van der Waals surface area contributed by atoms with E-state index in [-0.39, 0.29) is 22.2 Å². The van der Waals surface area contributed by atoms with Crippen molar-refractivity contribution in [3.05, 3.63) is 0 Å². The molecule has 1 aliphatic heterocycles. The molecule has 0 bridgehead atoms. The Hall–Kier alpha value is -1.06. The molecule has 1 saturated heterocycles. The number of nitrogens with one attached hydrogen (secondary N) is 1. The molecule has 4 nitrogen and oxygen atoms in total. The Balaban J connectivity index is 1.60. The summed E-state index contributed by atoms with van der Waals surface area (Å²) in [7, 11) is 2.04. The second-order valence-corrected chi connectivity index (χ2v) is 12.4. The first-order valence-electron chi connectivity index (χ1n) is 12.0. The molecule has 0 aromatic carbocycles. The average molecular weight is 403 g/mol. The Labute approximate surface area is 177 Å². The summed E-state index contributed by atoms with van der Waals surface area (Å²) in [6, 6.07) is 0.718. The second-order valence-electron chi connectivity index (χ2n) is 12.4. The third-order valence-corrected chi connectivity index (χ3v) is 9.92. The molecule has 4 aliphatic rings. The van der Waals surface area contributed by atoms with Gasteiger partial charge in [-0.05, 0) is 73.0 Å². The van der Waals surface area contributed by atoms with Crippen molar-refractivity contribution in [2.75, 3.05) is 7.05 Å². The van der Waals surface area contributed by atoms with Crippen LogP contribution in [0, 0.1) is 39.9 Å². The second kappa shape index (κ2) is 6.72. The van der Waals surface area contributed by atoms with Crippen LogP contribution in [-0.4, -0.2) is 35.8 Å². The smallest absolute Gasteiger partial charge is 0.225 e. The highest BCUT2D eigenvalue weighted by Gasteiger charge is 2.63. The molecule has 0 spiro atoms. The summed E-state index contributed by atoms with van der Waals surface area (Å²) in [5, 5.41) is 3.46. The third-order valence-electron chi connectivity index (χ3n) is 9.92. The molecule has 1 N–H and O–H groups in total. The van der Waals surface area contributed by atoms with Crippen molar-refractivity contribution in [1.29, 1.82) is 0 Å². The van der Waals surface area contributed by atoms with Gasteiger partial charge in [-0.1, -0.05) is 41.5 Å². The van der Waals surface area contributed by atoms with Gasteiger partial charge in [-0.25, -0.2) is 0 Å². The van der Waals surface area contributed by atoms with E-state index in [2.05, 4.69) is 31.0 Å². The Morgan fingerprint density at radius 1 is 1.07 bits per heavy atom. The van der Waals surface area contributed by atoms with Gasteiger partial charge in [0.1, 0.15) is 0 Å². The molecule has 3 aliphatic carbocycles. The zero-order valence-corrected chi connectivity index (χ0v) is 19.7. The van der Waals surface area contributed by atoms with Gasteiger partial charge in [-0.3, -0.25) is 9.59 Å². The molecule has 0 aromatic rings. The maximum absolute atomic E-state index is 12.7. The fraction of sp³-hybridized carbons (Fsp3) is 0.920. The van der Waals surface area contributed by atoms with Gasteiger partial charge >= 0.3 is 0 Å². The van der Waals surface area contributed by atoms with Crippen LogP contribution in [-0.2, 0) is 9.59 Å². The van der Waals surface area contributed by atoms with Crippen molar-refractivity contribution in [1.82, 2.24) is 10.2 Å². The van der Waals surface area contributed by atoms with Crippen LogP contribution in [0.3, 0.4) is 0 Å². The summed E-state index contributed by atoms with van der Waals surface area (Å²) in [6.45, 7) is 13.4. The van der Waals surface area contributed by atoms with Crippen LogP contribution in [0.1, 0.15) is 86.5 Å². The fourth-order valence-corrected chi connectivity index (χ4v) is 8.07. The number of nitrogens with zero attached hydrogens (tertiary/aromatic N) is 1. The molecule has 3 saturated carbocycles. The molecule has 29 heavy (non-hydrogen) atoms. The van der Waals surface area contributed by atoms with Crippen molar-refractivity contribution >= 4 is 11.8 Å². The zero-order chi connectivity index (χ0) is 21.4. The van der Waals surface area contributed by atoms with Crippen molar-refractivity contribution in [2.24, 2.45) is 39.9 Å². The van der Waals surface area contributed by atoms with Gasteiger partial charge in [-0.2, -0.15) is 0 Å². The largest absolute Gasteiger partial charge is 0.352 e. The average Bonchev–Trinajstić information content (AvgIpc) is 2.96.